The minimum Gasteiger partial charge on any atom is -0.497 e. The summed E-state index contributed by atoms with van der Waals surface area (Å²) in [6, 6.07) is 11.6. The summed E-state index contributed by atoms with van der Waals surface area (Å²) in [5.74, 6) is -0.221. The van der Waals surface area contributed by atoms with Gasteiger partial charge in [0.2, 0.25) is 0 Å². The van der Waals surface area contributed by atoms with Crippen LogP contribution >= 0.6 is 11.6 Å². The van der Waals surface area contributed by atoms with Crippen LogP contribution in [-0.4, -0.2) is 18.8 Å². The predicted octanol–water partition coefficient (Wildman–Crippen LogP) is 3.26. The zero-order valence-electron chi connectivity index (χ0n) is 11.6. The van der Waals surface area contributed by atoms with E-state index in [0.29, 0.717) is 11.3 Å². The van der Waals surface area contributed by atoms with E-state index in [0.717, 1.165) is 5.56 Å². The van der Waals surface area contributed by atoms with Gasteiger partial charge < -0.3 is 15.6 Å². The third kappa shape index (κ3) is 3.35. The Balaban J connectivity index is 2.33. The number of methoxy groups -OCH3 is 1. The Morgan fingerprint density at radius 2 is 1.90 bits per heavy atom. The molecule has 0 aliphatic carbocycles. The highest BCUT2D eigenvalue weighted by atomic mass is 35.5. The molecule has 5 heteroatoms. The van der Waals surface area contributed by atoms with Crippen molar-refractivity contribution >= 4 is 11.6 Å². The fourth-order valence-corrected chi connectivity index (χ4v) is 2.50. The normalized spacial score (nSPS) is 13.8. The van der Waals surface area contributed by atoms with Crippen LogP contribution in [0.15, 0.2) is 42.5 Å². The van der Waals surface area contributed by atoms with Crippen LogP contribution in [0.25, 0.3) is 0 Å². The van der Waals surface area contributed by atoms with E-state index in [1.807, 2.05) is 12.1 Å². The molecule has 0 aliphatic rings. The number of halogens is 2. The average Bonchev–Trinajstić information content (AvgIpc) is 2.51. The largest absolute Gasteiger partial charge is 0.497 e. The van der Waals surface area contributed by atoms with Crippen molar-refractivity contribution in [2.24, 2.45) is 5.73 Å². The average molecular weight is 310 g/mol. The molecule has 0 saturated heterocycles. The fraction of sp³-hybridized carbons (Fsp3) is 0.250. The minimum absolute atomic E-state index is 0.0723. The molecular weight excluding hydrogens is 293 g/mol. The molecule has 0 saturated carbocycles. The van der Waals surface area contributed by atoms with Crippen molar-refractivity contribution in [3.8, 4) is 5.75 Å². The molecular formula is C16H17ClFNO2. The van der Waals surface area contributed by atoms with Crippen LogP contribution < -0.4 is 10.5 Å². The first-order valence-corrected chi connectivity index (χ1v) is 6.92. The summed E-state index contributed by atoms with van der Waals surface area (Å²) in [6.07, 6.45) is -0.980. The highest BCUT2D eigenvalue weighted by Crippen LogP contribution is 2.35. The topological polar surface area (TPSA) is 55.5 Å². The molecule has 2 rings (SSSR count). The summed E-state index contributed by atoms with van der Waals surface area (Å²) in [6.45, 7) is 0.209. The number of ether oxygens (including phenoxy) is 1. The Kier molecular flexibility index (Phi) is 5.17. The van der Waals surface area contributed by atoms with E-state index in [1.54, 1.807) is 25.3 Å². The molecule has 0 spiro atoms. The van der Waals surface area contributed by atoms with Gasteiger partial charge in [0.05, 0.1) is 18.2 Å². The number of benzene rings is 2. The van der Waals surface area contributed by atoms with Gasteiger partial charge in [-0.2, -0.15) is 0 Å². The van der Waals surface area contributed by atoms with Gasteiger partial charge in [-0.05, 0) is 23.8 Å². The minimum atomic E-state index is -0.980. The van der Waals surface area contributed by atoms with Crippen molar-refractivity contribution in [3.05, 3.63) is 64.4 Å². The SMILES string of the molecule is COc1ccc(C(CN)C(O)c2cccc(F)c2Cl)cc1. The molecule has 0 fully saturated rings. The Hall–Kier alpha value is -1.62. The molecule has 0 bridgehead atoms. The van der Waals surface area contributed by atoms with Crippen molar-refractivity contribution in [3.63, 3.8) is 0 Å². The maximum atomic E-state index is 13.5. The van der Waals surface area contributed by atoms with E-state index < -0.39 is 11.9 Å². The lowest BCUT2D eigenvalue weighted by molar-refractivity contribution is 0.147. The number of rotatable bonds is 5. The summed E-state index contributed by atoms with van der Waals surface area (Å²) in [5, 5.41) is 10.4. The predicted molar refractivity (Wildman–Crippen MR) is 81.2 cm³/mol. The Morgan fingerprint density at radius 3 is 2.48 bits per heavy atom. The maximum Gasteiger partial charge on any atom is 0.142 e. The van der Waals surface area contributed by atoms with E-state index in [4.69, 9.17) is 22.1 Å². The third-order valence-corrected chi connectivity index (χ3v) is 3.88. The second-order valence-electron chi connectivity index (χ2n) is 4.70. The van der Waals surface area contributed by atoms with Gasteiger partial charge in [0.1, 0.15) is 11.6 Å². The van der Waals surface area contributed by atoms with Crippen molar-refractivity contribution in [2.75, 3.05) is 13.7 Å². The second-order valence-corrected chi connectivity index (χ2v) is 5.08. The highest BCUT2D eigenvalue weighted by Gasteiger charge is 2.24. The van der Waals surface area contributed by atoms with Gasteiger partial charge in [-0.25, -0.2) is 4.39 Å². The molecule has 0 heterocycles. The molecule has 112 valence electrons. The van der Waals surface area contributed by atoms with Gasteiger partial charge in [0.25, 0.3) is 0 Å². The van der Waals surface area contributed by atoms with Crippen molar-refractivity contribution < 1.29 is 14.2 Å². The van der Waals surface area contributed by atoms with Crippen LogP contribution in [0, 0.1) is 5.82 Å². The summed E-state index contributed by atoms with van der Waals surface area (Å²) in [7, 11) is 1.58. The van der Waals surface area contributed by atoms with Crippen LogP contribution in [0.2, 0.25) is 5.02 Å². The first kappa shape index (κ1) is 15.8. The number of hydrogen-bond donors (Lipinski definition) is 2. The smallest absolute Gasteiger partial charge is 0.142 e. The maximum absolute atomic E-state index is 13.5. The Morgan fingerprint density at radius 1 is 1.24 bits per heavy atom. The van der Waals surface area contributed by atoms with Crippen molar-refractivity contribution in [1.82, 2.24) is 0 Å². The Labute approximate surface area is 128 Å². The van der Waals surface area contributed by atoms with Gasteiger partial charge in [-0.3, -0.25) is 0 Å². The standard InChI is InChI=1S/C16H17ClFNO2/c1-21-11-7-5-10(6-8-11)13(9-19)16(20)12-3-2-4-14(18)15(12)17/h2-8,13,16,20H,9,19H2,1H3. The zero-order valence-corrected chi connectivity index (χ0v) is 12.3. The number of aliphatic hydroxyl groups is 1. The lowest BCUT2D eigenvalue weighted by Crippen LogP contribution is -2.20. The molecule has 3 N–H and O–H groups in total. The number of aliphatic hydroxyl groups excluding tert-OH is 1. The summed E-state index contributed by atoms with van der Waals surface area (Å²) in [5.41, 5.74) is 6.95. The van der Waals surface area contributed by atoms with Gasteiger partial charge in [-0.1, -0.05) is 35.9 Å². The molecule has 0 aromatic heterocycles. The van der Waals surface area contributed by atoms with Gasteiger partial charge in [0, 0.05) is 18.0 Å². The van der Waals surface area contributed by atoms with Crippen LogP contribution in [0.3, 0.4) is 0 Å². The highest BCUT2D eigenvalue weighted by molar-refractivity contribution is 6.31. The Bertz CT molecular complexity index is 604. The quantitative estimate of drug-likeness (QED) is 0.891. The molecule has 2 aromatic carbocycles. The van der Waals surface area contributed by atoms with Crippen LogP contribution in [0.4, 0.5) is 4.39 Å². The van der Waals surface area contributed by atoms with Gasteiger partial charge in [0.15, 0.2) is 0 Å². The van der Waals surface area contributed by atoms with E-state index >= 15 is 0 Å². The van der Waals surface area contributed by atoms with Crippen LogP contribution in [-0.2, 0) is 0 Å². The lowest BCUT2D eigenvalue weighted by Gasteiger charge is -2.23. The lowest BCUT2D eigenvalue weighted by atomic mass is 9.89. The molecule has 0 radical (unpaired) electrons. The zero-order chi connectivity index (χ0) is 15.4. The number of nitrogens with two attached hydrogens (primary N) is 1. The van der Waals surface area contributed by atoms with Crippen LogP contribution in [0.1, 0.15) is 23.1 Å². The monoisotopic (exact) mass is 309 g/mol. The van der Waals surface area contributed by atoms with Crippen molar-refractivity contribution in [1.29, 1.82) is 0 Å². The summed E-state index contributed by atoms with van der Waals surface area (Å²) in [4.78, 5) is 0. The number of hydrogen-bond acceptors (Lipinski definition) is 3. The first-order valence-electron chi connectivity index (χ1n) is 6.54. The molecule has 2 unspecified atom stereocenters. The van der Waals surface area contributed by atoms with Gasteiger partial charge >= 0.3 is 0 Å². The first-order chi connectivity index (χ1) is 10.1. The third-order valence-electron chi connectivity index (χ3n) is 3.48. The van der Waals surface area contributed by atoms with E-state index in [2.05, 4.69) is 0 Å². The van der Waals surface area contributed by atoms with E-state index in [-0.39, 0.29) is 17.5 Å². The second kappa shape index (κ2) is 6.89. The molecule has 2 atom stereocenters. The molecule has 0 amide bonds. The van der Waals surface area contributed by atoms with Gasteiger partial charge in [-0.15, -0.1) is 0 Å². The summed E-state index contributed by atoms with van der Waals surface area (Å²) >= 11 is 5.93. The molecule has 2 aromatic rings. The fourth-order valence-electron chi connectivity index (χ4n) is 2.26. The molecule has 21 heavy (non-hydrogen) atoms. The molecule has 3 nitrogen and oxygen atoms in total. The van der Waals surface area contributed by atoms with Crippen molar-refractivity contribution in [2.45, 2.75) is 12.0 Å². The van der Waals surface area contributed by atoms with E-state index in [9.17, 15) is 9.50 Å². The molecule has 0 aliphatic heterocycles. The van der Waals surface area contributed by atoms with E-state index in [1.165, 1.54) is 12.1 Å². The van der Waals surface area contributed by atoms with Crippen LogP contribution in [0.5, 0.6) is 5.75 Å². The summed E-state index contributed by atoms with van der Waals surface area (Å²) < 4.78 is 18.6.